The summed E-state index contributed by atoms with van der Waals surface area (Å²) in [5, 5.41) is 6.08. The number of benzene rings is 1. The lowest BCUT2D eigenvalue weighted by Crippen LogP contribution is -2.29. The summed E-state index contributed by atoms with van der Waals surface area (Å²) in [4.78, 5) is 12.0. The second-order valence-corrected chi connectivity index (χ2v) is 4.95. The van der Waals surface area contributed by atoms with Crippen molar-refractivity contribution in [1.82, 2.24) is 5.32 Å². The molecule has 3 heteroatoms. The molecule has 0 saturated heterocycles. The highest BCUT2D eigenvalue weighted by Gasteiger charge is 2.09. The van der Waals surface area contributed by atoms with E-state index in [9.17, 15) is 4.79 Å². The molecule has 1 aromatic rings. The molecule has 106 valence electrons. The van der Waals surface area contributed by atoms with Gasteiger partial charge in [-0.2, -0.15) is 0 Å². The van der Waals surface area contributed by atoms with Gasteiger partial charge >= 0.3 is 0 Å². The molecule has 0 aliphatic carbocycles. The van der Waals surface area contributed by atoms with Crippen molar-refractivity contribution in [3.05, 3.63) is 29.8 Å². The van der Waals surface area contributed by atoms with Crippen molar-refractivity contribution >= 4 is 11.6 Å². The number of nitrogens with one attached hydrogen (secondary N) is 2. The highest BCUT2D eigenvalue weighted by atomic mass is 16.1. The summed E-state index contributed by atoms with van der Waals surface area (Å²) in [7, 11) is 1.87. The number of anilines is 1. The molecule has 0 aromatic heterocycles. The van der Waals surface area contributed by atoms with Gasteiger partial charge in [0.05, 0.1) is 0 Å². The maximum Gasteiger partial charge on any atom is 0.251 e. The van der Waals surface area contributed by atoms with Crippen molar-refractivity contribution in [2.24, 2.45) is 5.92 Å². The highest BCUT2D eigenvalue weighted by molar-refractivity contribution is 5.94. The maximum absolute atomic E-state index is 12.0. The van der Waals surface area contributed by atoms with Gasteiger partial charge in [0, 0.05) is 24.8 Å². The highest BCUT2D eigenvalue weighted by Crippen LogP contribution is 2.12. The van der Waals surface area contributed by atoms with Crippen molar-refractivity contribution in [3.63, 3.8) is 0 Å². The number of hydrogen-bond donors (Lipinski definition) is 2. The minimum atomic E-state index is 0.0256. The summed E-state index contributed by atoms with van der Waals surface area (Å²) in [5.41, 5.74) is 1.75. The summed E-state index contributed by atoms with van der Waals surface area (Å²) < 4.78 is 0. The standard InChI is InChI=1S/C16H26N2O/c1-4-6-7-13(5-2)12-18-16(19)14-8-10-15(17-3)11-9-14/h8-11,13,17H,4-7,12H2,1-3H3,(H,18,19). The maximum atomic E-state index is 12.0. The predicted molar refractivity (Wildman–Crippen MR) is 81.6 cm³/mol. The average molecular weight is 262 g/mol. The van der Waals surface area contributed by atoms with E-state index in [4.69, 9.17) is 0 Å². The lowest BCUT2D eigenvalue weighted by atomic mass is 9.99. The van der Waals surface area contributed by atoms with Crippen LogP contribution >= 0.6 is 0 Å². The van der Waals surface area contributed by atoms with Gasteiger partial charge in [-0.05, 0) is 36.6 Å². The van der Waals surface area contributed by atoms with Crippen LogP contribution in [0, 0.1) is 5.92 Å². The molecule has 0 radical (unpaired) electrons. The molecule has 2 N–H and O–H groups in total. The Balaban J connectivity index is 2.44. The zero-order valence-electron chi connectivity index (χ0n) is 12.3. The first-order chi connectivity index (χ1) is 9.21. The number of carbonyl (C=O) groups excluding carboxylic acids is 1. The Hall–Kier alpha value is -1.51. The molecular formula is C16H26N2O. The van der Waals surface area contributed by atoms with E-state index < -0.39 is 0 Å². The van der Waals surface area contributed by atoms with Crippen LogP contribution < -0.4 is 10.6 Å². The Morgan fingerprint density at radius 2 is 1.89 bits per heavy atom. The molecule has 0 fully saturated rings. The van der Waals surface area contributed by atoms with Crippen molar-refractivity contribution < 1.29 is 4.79 Å². The molecule has 1 rings (SSSR count). The molecule has 0 aliphatic heterocycles. The molecule has 1 atom stereocenters. The molecular weight excluding hydrogens is 236 g/mol. The third-order valence-corrected chi connectivity index (χ3v) is 3.53. The fourth-order valence-electron chi connectivity index (χ4n) is 2.07. The van der Waals surface area contributed by atoms with Crippen molar-refractivity contribution in [3.8, 4) is 0 Å². The van der Waals surface area contributed by atoms with Gasteiger partial charge in [0.25, 0.3) is 5.91 Å². The quantitative estimate of drug-likeness (QED) is 0.750. The first-order valence-corrected chi connectivity index (χ1v) is 7.27. The summed E-state index contributed by atoms with van der Waals surface area (Å²) in [5.74, 6) is 0.623. The van der Waals surface area contributed by atoms with Crippen LogP contribution in [0.2, 0.25) is 0 Å². The molecule has 1 aromatic carbocycles. The van der Waals surface area contributed by atoms with Gasteiger partial charge in [0.1, 0.15) is 0 Å². The number of amides is 1. The Morgan fingerprint density at radius 3 is 2.42 bits per heavy atom. The van der Waals surface area contributed by atoms with E-state index in [0.717, 1.165) is 24.2 Å². The molecule has 0 saturated carbocycles. The van der Waals surface area contributed by atoms with Crippen LogP contribution in [-0.2, 0) is 0 Å². The normalized spacial score (nSPS) is 11.9. The van der Waals surface area contributed by atoms with E-state index in [1.54, 1.807) is 0 Å². The topological polar surface area (TPSA) is 41.1 Å². The van der Waals surface area contributed by atoms with Crippen LogP contribution in [0.3, 0.4) is 0 Å². The van der Waals surface area contributed by atoms with E-state index in [2.05, 4.69) is 24.5 Å². The monoisotopic (exact) mass is 262 g/mol. The van der Waals surface area contributed by atoms with Crippen LogP contribution in [0.4, 0.5) is 5.69 Å². The Bertz CT molecular complexity index is 373. The molecule has 0 spiro atoms. The zero-order valence-corrected chi connectivity index (χ0v) is 12.3. The van der Waals surface area contributed by atoms with Crippen LogP contribution in [0.5, 0.6) is 0 Å². The molecule has 19 heavy (non-hydrogen) atoms. The van der Waals surface area contributed by atoms with Crippen LogP contribution in [0.25, 0.3) is 0 Å². The smallest absolute Gasteiger partial charge is 0.251 e. The molecule has 3 nitrogen and oxygen atoms in total. The summed E-state index contributed by atoms with van der Waals surface area (Å²) >= 11 is 0. The lowest BCUT2D eigenvalue weighted by Gasteiger charge is -2.15. The average Bonchev–Trinajstić information content (AvgIpc) is 2.47. The summed E-state index contributed by atoms with van der Waals surface area (Å²) in [6, 6.07) is 7.55. The van der Waals surface area contributed by atoms with E-state index in [1.165, 1.54) is 19.3 Å². The Morgan fingerprint density at radius 1 is 1.21 bits per heavy atom. The largest absolute Gasteiger partial charge is 0.388 e. The summed E-state index contributed by atoms with van der Waals surface area (Å²) in [6.45, 7) is 5.17. The Kier molecular flexibility index (Phi) is 7.01. The van der Waals surface area contributed by atoms with E-state index >= 15 is 0 Å². The molecule has 1 amide bonds. The van der Waals surface area contributed by atoms with Gasteiger partial charge in [-0.25, -0.2) is 0 Å². The van der Waals surface area contributed by atoms with Gasteiger partial charge in [0.2, 0.25) is 0 Å². The van der Waals surface area contributed by atoms with Crippen LogP contribution in [0.1, 0.15) is 49.9 Å². The SMILES string of the molecule is CCCCC(CC)CNC(=O)c1ccc(NC)cc1. The number of unbranched alkanes of at least 4 members (excludes halogenated alkanes) is 1. The van der Waals surface area contributed by atoms with E-state index in [1.807, 2.05) is 31.3 Å². The van der Waals surface area contributed by atoms with Gasteiger partial charge < -0.3 is 10.6 Å². The number of carbonyl (C=O) groups is 1. The van der Waals surface area contributed by atoms with Gasteiger partial charge in [-0.15, -0.1) is 0 Å². The lowest BCUT2D eigenvalue weighted by molar-refractivity contribution is 0.0946. The molecule has 1 unspecified atom stereocenters. The second-order valence-electron chi connectivity index (χ2n) is 4.95. The minimum Gasteiger partial charge on any atom is -0.388 e. The van der Waals surface area contributed by atoms with Crippen molar-refractivity contribution in [2.45, 2.75) is 39.5 Å². The minimum absolute atomic E-state index is 0.0256. The summed E-state index contributed by atoms with van der Waals surface area (Å²) in [6.07, 6.45) is 4.78. The van der Waals surface area contributed by atoms with Crippen molar-refractivity contribution in [1.29, 1.82) is 0 Å². The Labute approximate surface area is 116 Å². The van der Waals surface area contributed by atoms with Crippen LogP contribution in [0.15, 0.2) is 24.3 Å². The van der Waals surface area contributed by atoms with Gasteiger partial charge in [-0.1, -0.05) is 33.1 Å². The number of rotatable bonds is 8. The first kappa shape index (κ1) is 15.5. The van der Waals surface area contributed by atoms with Gasteiger partial charge in [0.15, 0.2) is 0 Å². The van der Waals surface area contributed by atoms with E-state index in [0.29, 0.717) is 5.92 Å². The fraction of sp³-hybridized carbons (Fsp3) is 0.562. The number of hydrogen-bond acceptors (Lipinski definition) is 2. The third kappa shape index (κ3) is 5.33. The zero-order chi connectivity index (χ0) is 14.1. The predicted octanol–water partition coefficient (Wildman–Crippen LogP) is 3.67. The second kappa shape index (κ2) is 8.57. The van der Waals surface area contributed by atoms with Gasteiger partial charge in [-0.3, -0.25) is 4.79 Å². The third-order valence-electron chi connectivity index (χ3n) is 3.53. The van der Waals surface area contributed by atoms with Crippen LogP contribution in [-0.4, -0.2) is 19.5 Å². The molecule has 0 aliphatic rings. The fourth-order valence-corrected chi connectivity index (χ4v) is 2.07. The van der Waals surface area contributed by atoms with E-state index in [-0.39, 0.29) is 5.91 Å². The van der Waals surface area contributed by atoms with Crippen molar-refractivity contribution in [2.75, 3.05) is 18.9 Å². The molecule has 0 heterocycles. The molecule has 0 bridgehead atoms. The first-order valence-electron chi connectivity index (χ1n) is 7.27.